The number of allylic oxidation sites excluding steroid dienone is 3. The van der Waals surface area contributed by atoms with E-state index in [0.717, 1.165) is 56.9 Å². The Morgan fingerprint density at radius 2 is 1.85 bits per heavy atom. The predicted molar refractivity (Wildman–Crippen MR) is 128 cm³/mol. The SMILES string of the molecule is CC(C)=CCC[C@H](C)CCCC(=O)C1=C(C)[C@]2(C)CCC[C@]3(C)CC[C@]4(C)OO[C@]32[C@H](O1)O4. The number of Topliss-reactive ketones (excluding diaryl/α,β-unsaturated/α-hetero) is 1. The zero-order chi connectivity index (χ0) is 24.1. The molecule has 5 heteroatoms. The van der Waals surface area contributed by atoms with E-state index in [-0.39, 0.29) is 16.6 Å². The van der Waals surface area contributed by atoms with Gasteiger partial charge in [0.1, 0.15) is 0 Å². The molecular weight excluding hydrogens is 416 g/mol. The van der Waals surface area contributed by atoms with Crippen molar-refractivity contribution in [2.75, 3.05) is 0 Å². The zero-order valence-corrected chi connectivity index (χ0v) is 21.8. The minimum Gasteiger partial charge on any atom is -0.458 e. The molecule has 6 atom stereocenters. The van der Waals surface area contributed by atoms with Crippen molar-refractivity contribution in [1.82, 2.24) is 0 Å². The summed E-state index contributed by atoms with van der Waals surface area (Å²) in [5.41, 5.74) is 1.15. The van der Waals surface area contributed by atoms with E-state index in [1.54, 1.807) is 0 Å². The van der Waals surface area contributed by atoms with Gasteiger partial charge in [0.25, 0.3) is 0 Å². The van der Waals surface area contributed by atoms with Crippen LogP contribution in [0.1, 0.15) is 113 Å². The van der Waals surface area contributed by atoms with E-state index in [1.807, 2.05) is 6.92 Å². The van der Waals surface area contributed by atoms with Crippen molar-refractivity contribution < 1.29 is 24.0 Å². The molecule has 186 valence electrons. The first kappa shape index (κ1) is 24.9. The van der Waals surface area contributed by atoms with Crippen LogP contribution in [0, 0.1) is 16.7 Å². The number of rotatable bonds is 8. The molecule has 1 saturated carbocycles. The van der Waals surface area contributed by atoms with E-state index >= 15 is 0 Å². The summed E-state index contributed by atoms with van der Waals surface area (Å²) in [5.74, 6) is 0.385. The number of hydrogen-bond donors (Lipinski definition) is 0. The fourth-order valence-electron chi connectivity index (χ4n) is 6.86. The van der Waals surface area contributed by atoms with Gasteiger partial charge in [0.2, 0.25) is 12.1 Å². The molecule has 0 radical (unpaired) electrons. The molecule has 0 amide bonds. The number of ether oxygens (including phenoxy) is 2. The molecule has 1 spiro atoms. The number of hydrogen-bond acceptors (Lipinski definition) is 5. The van der Waals surface area contributed by atoms with Gasteiger partial charge in [0.05, 0.1) is 0 Å². The van der Waals surface area contributed by atoms with E-state index in [2.05, 4.69) is 47.6 Å². The highest BCUT2D eigenvalue weighted by molar-refractivity contribution is 5.94. The van der Waals surface area contributed by atoms with Crippen LogP contribution in [0.5, 0.6) is 0 Å². The van der Waals surface area contributed by atoms with Crippen LogP contribution in [0.4, 0.5) is 0 Å². The number of carbonyl (C=O) groups is 1. The van der Waals surface area contributed by atoms with Gasteiger partial charge in [-0.25, -0.2) is 9.78 Å². The maximum atomic E-state index is 13.4. The Kier molecular flexibility index (Phi) is 6.65. The standard InChI is InChI=1S/C28H44O5/c1-19(2)11-8-12-20(3)13-9-14-22(29)23-21(4)26(6)16-10-15-25(5)17-18-27(7)31-24(30-23)28(25,26)33-32-27/h11,20,24H,8-10,12-18H2,1-7H3/t20-,24+,25+,26-,27-,28+/m0/s1. The first-order valence-corrected chi connectivity index (χ1v) is 13.1. The zero-order valence-electron chi connectivity index (χ0n) is 21.8. The molecule has 0 N–H and O–H groups in total. The van der Waals surface area contributed by atoms with Gasteiger partial charge in [-0.2, -0.15) is 0 Å². The molecule has 3 saturated heterocycles. The van der Waals surface area contributed by atoms with Crippen molar-refractivity contribution in [2.45, 2.75) is 130 Å². The normalized spacial score (nSPS) is 40.5. The average Bonchev–Trinajstić information content (AvgIpc) is 2.92. The Morgan fingerprint density at radius 1 is 1.09 bits per heavy atom. The van der Waals surface area contributed by atoms with Crippen LogP contribution in [-0.2, 0) is 24.0 Å². The van der Waals surface area contributed by atoms with Gasteiger partial charge >= 0.3 is 0 Å². The van der Waals surface area contributed by atoms with Crippen molar-refractivity contribution in [2.24, 2.45) is 16.7 Å². The Balaban J connectivity index is 1.52. The van der Waals surface area contributed by atoms with Crippen molar-refractivity contribution in [3.8, 4) is 0 Å². The molecule has 2 bridgehead atoms. The first-order chi connectivity index (χ1) is 15.5. The van der Waals surface area contributed by atoms with Crippen molar-refractivity contribution in [3.05, 3.63) is 23.0 Å². The highest BCUT2D eigenvalue weighted by Crippen LogP contribution is 2.69. The molecule has 33 heavy (non-hydrogen) atoms. The van der Waals surface area contributed by atoms with Gasteiger partial charge < -0.3 is 9.47 Å². The topological polar surface area (TPSA) is 54.0 Å². The van der Waals surface area contributed by atoms with E-state index < -0.39 is 17.7 Å². The van der Waals surface area contributed by atoms with Crippen LogP contribution < -0.4 is 0 Å². The van der Waals surface area contributed by atoms with Gasteiger partial charge in [-0.1, -0.05) is 45.3 Å². The van der Waals surface area contributed by atoms with E-state index in [9.17, 15) is 4.79 Å². The summed E-state index contributed by atoms with van der Waals surface area (Å²) in [7, 11) is 0. The fourth-order valence-corrected chi connectivity index (χ4v) is 6.86. The lowest BCUT2D eigenvalue weighted by Gasteiger charge is -2.64. The minimum absolute atomic E-state index is 0.0992. The molecule has 4 heterocycles. The molecule has 0 aromatic heterocycles. The molecular formula is C28H44O5. The predicted octanol–water partition coefficient (Wildman–Crippen LogP) is 7.16. The van der Waals surface area contributed by atoms with Gasteiger partial charge in [-0.3, -0.25) is 4.79 Å². The largest absolute Gasteiger partial charge is 0.458 e. The highest BCUT2D eigenvalue weighted by Gasteiger charge is 2.76. The van der Waals surface area contributed by atoms with Crippen LogP contribution in [0.15, 0.2) is 23.0 Å². The van der Waals surface area contributed by atoms with Gasteiger partial charge in [-0.05, 0) is 77.7 Å². The summed E-state index contributed by atoms with van der Waals surface area (Å²) in [6.45, 7) is 15.1. The van der Waals surface area contributed by atoms with Crippen LogP contribution in [0.3, 0.4) is 0 Å². The van der Waals surface area contributed by atoms with Crippen molar-refractivity contribution in [3.63, 3.8) is 0 Å². The third-order valence-electron chi connectivity index (χ3n) is 9.25. The maximum Gasteiger partial charge on any atom is 0.236 e. The molecule has 5 rings (SSSR count). The van der Waals surface area contributed by atoms with Gasteiger partial charge in [0.15, 0.2) is 17.1 Å². The second-order valence-electron chi connectivity index (χ2n) is 12.1. The summed E-state index contributed by atoms with van der Waals surface area (Å²) in [6, 6.07) is 0. The smallest absolute Gasteiger partial charge is 0.236 e. The molecule has 5 aliphatic rings. The second kappa shape index (κ2) is 8.80. The maximum absolute atomic E-state index is 13.4. The Hall–Kier alpha value is -1.17. The minimum atomic E-state index is -0.836. The third kappa shape index (κ3) is 4.02. The Labute approximate surface area is 200 Å². The van der Waals surface area contributed by atoms with Crippen LogP contribution in [0.2, 0.25) is 0 Å². The average molecular weight is 461 g/mol. The van der Waals surface area contributed by atoms with Gasteiger partial charge in [-0.15, -0.1) is 0 Å². The summed E-state index contributed by atoms with van der Waals surface area (Å²) in [5, 5.41) is 0. The van der Waals surface area contributed by atoms with Crippen LogP contribution in [-0.4, -0.2) is 23.5 Å². The van der Waals surface area contributed by atoms with E-state index in [4.69, 9.17) is 19.2 Å². The lowest BCUT2D eigenvalue weighted by atomic mass is 9.48. The lowest BCUT2D eigenvalue weighted by Crippen LogP contribution is -2.72. The molecule has 0 aromatic carbocycles. The molecule has 1 aliphatic carbocycles. The summed E-state index contributed by atoms with van der Waals surface area (Å²) in [6.07, 6.45) is 11.2. The second-order valence-corrected chi connectivity index (χ2v) is 12.1. The number of fused-ring (bicyclic) bond motifs is 2. The van der Waals surface area contributed by atoms with Crippen molar-refractivity contribution >= 4 is 5.78 Å². The Morgan fingerprint density at radius 3 is 2.58 bits per heavy atom. The summed E-state index contributed by atoms with van der Waals surface area (Å²) < 4.78 is 12.9. The summed E-state index contributed by atoms with van der Waals surface area (Å²) >= 11 is 0. The van der Waals surface area contributed by atoms with Crippen LogP contribution in [0.25, 0.3) is 0 Å². The quantitative estimate of drug-likeness (QED) is 0.284. The number of ketones is 1. The monoisotopic (exact) mass is 460 g/mol. The highest BCUT2D eigenvalue weighted by atomic mass is 17.3. The fraction of sp³-hybridized carbons (Fsp3) is 0.821. The molecule has 4 aliphatic heterocycles. The molecule has 4 fully saturated rings. The van der Waals surface area contributed by atoms with Crippen molar-refractivity contribution in [1.29, 1.82) is 0 Å². The van der Waals surface area contributed by atoms with E-state index in [1.165, 1.54) is 12.0 Å². The molecule has 5 nitrogen and oxygen atoms in total. The van der Waals surface area contributed by atoms with E-state index in [0.29, 0.717) is 18.1 Å². The Bertz CT molecular complexity index is 841. The molecule has 0 aromatic rings. The van der Waals surface area contributed by atoms with Gasteiger partial charge in [0, 0.05) is 23.7 Å². The first-order valence-electron chi connectivity index (χ1n) is 13.1. The number of carbonyl (C=O) groups excluding carboxylic acids is 1. The molecule has 0 unspecified atom stereocenters. The third-order valence-corrected chi connectivity index (χ3v) is 9.25. The lowest BCUT2D eigenvalue weighted by molar-refractivity contribution is -0.568. The summed E-state index contributed by atoms with van der Waals surface area (Å²) in [4.78, 5) is 25.6. The van der Waals surface area contributed by atoms with Crippen LogP contribution >= 0.6 is 0 Å².